The van der Waals surface area contributed by atoms with E-state index < -0.39 is 11.5 Å². The highest BCUT2D eigenvalue weighted by Gasteiger charge is 2.43. The van der Waals surface area contributed by atoms with Crippen LogP contribution in [0.1, 0.15) is 51.9 Å². The van der Waals surface area contributed by atoms with Crippen molar-refractivity contribution in [2.75, 3.05) is 6.54 Å². The van der Waals surface area contributed by atoms with Crippen molar-refractivity contribution < 1.29 is 14.7 Å². The normalized spacial score (nSPS) is 30.7. The number of carbonyl (C=O) groups excluding carboxylic acids is 1. The molecule has 0 aromatic heterocycles. The predicted octanol–water partition coefficient (Wildman–Crippen LogP) is 2.12. The fourth-order valence-electron chi connectivity index (χ4n) is 2.97. The first-order chi connectivity index (χ1) is 9.02. The Labute approximate surface area is 114 Å². The van der Waals surface area contributed by atoms with Gasteiger partial charge in [-0.3, -0.25) is 0 Å². The lowest BCUT2D eigenvalue weighted by molar-refractivity contribution is -0.146. The van der Waals surface area contributed by atoms with E-state index in [9.17, 15) is 14.7 Å². The van der Waals surface area contributed by atoms with Gasteiger partial charge in [-0.15, -0.1) is 0 Å². The largest absolute Gasteiger partial charge is 0.480 e. The average Bonchev–Trinajstić information content (AvgIpc) is 3.12. The Morgan fingerprint density at radius 3 is 2.63 bits per heavy atom. The highest BCUT2D eigenvalue weighted by atomic mass is 16.4. The molecular weight excluding hydrogens is 244 g/mol. The molecule has 0 aliphatic heterocycles. The van der Waals surface area contributed by atoms with Crippen molar-refractivity contribution in [3.05, 3.63) is 0 Å². The van der Waals surface area contributed by atoms with Crippen LogP contribution in [0, 0.1) is 11.8 Å². The molecule has 0 radical (unpaired) electrons. The Morgan fingerprint density at radius 2 is 2.05 bits per heavy atom. The van der Waals surface area contributed by atoms with Gasteiger partial charge in [-0.1, -0.05) is 32.6 Å². The number of urea groups is 1. The lowest BCUT2D eigenvalue weighted by Gasteiger charge is -2.37. The number of carboxylic acids is 1. The van der Waals surface area contributed by atoms with Gasteiger partial charge >= 0.3 is 12.0 Å². The van der Waals surface area contributed by atoms with Crippen molar-refractivity contribution in [3.8, 4) is 0 Å². The van der Waals surface area contributed by atoms with E-state index in [1.807, 2.05) is 6.92 Å². The molecule has 2 unspecified atom stereocenters. The summed E-state index contributed by atoms with van der Waals surface area (Å²) in [5.41, 5.74) is -1.07. The van der Waals surface area contributed by atoms with Crippen LogP contribution in [-0.4, -0.2) is 29.2 Å². The second-order valence-electron chi connectivity index (χ2n) is 6.20. The fourth-order valence-corrected chi connectivity index (χ4v) is 2.97. The van der Waals surface area contributed by atoms with Crippen molar-refractivity contribution in [3.63, 3.8) is 0 Å². The molecule has 3 N–H and O–H groups in total. The zero-order valence-corrected chi connectivity index (χ0v) is 11.6. The van der Waals surface area contributed by atoms with Gasteiger partial charge in [0.25, 0.3) is 0 Å². The molecule has 5 heteroatoms. The molecule has 19 heavy (non-hydrogen) atoms. The molecule has 0 spiro atoms. The Hall–Kier alpha value is -1.26. The number of carbonyl (C=O) groups is 2. The minimum Gasteiger partial charge on any atom is -0.480 e. The van der Waals surface area contributed by atoms with Gasteiger partial charge in [-0.25, -0.2) is 9.59 Å². The Morgan fingerprint density at radius 1 is 1.32 bits per heavy atom. The first-order valence-electron chi connectivity index (χ1n) is 7.31. The summed E-state index contributed by atoms with van der Waals surface area (Å²) in [6.45, 7) is 2.69. The third kappa shape index (κ3) is 3.85. The molecule has 2 amide bonds. The number of hydrogen-bond donors (Lipinski definition) is 3. The van der Waals surface area contributed by atoms with Crippen molar-refractivity contribution in [1.82, 2.24) is 10.6 Å². The monoisotopic (exact) mass is 268 g/mol. The molecule has 0 aromatic carbocycles. The van der Waals surface area contributed by atoms with E-state index in [1.54, 1.807) is 0 Å². The van der Waals surface area contributed by atoms with Gasteiger partial charge in [0.05, 0.1) is 0 Å². The second-order valence-corrected chi connectivity index (χ2v) is 6.20. The molecule has 0 saturated heterocycles. The fraction of sp³-hybridized carbons (Fsp3) is 0.857. The van der Waals surface area contributed by atoms with Gasteiger partial charge in [0.1, 0.15) is 5.54 Å². The molecule has 2 aliphatic rings. The molecule has 2 saturated carbocycles. The maximum absolute atomic E-state index is 11.8. The molecule has 0 aromatic rings. The molecule has 0 bridgehead atoms. The molecular formula is C14H24N2O3. The zero-order chi connectivity index (χ0) is 13.9. The van der Waals surface area contributed by atoms with E-state index in [4.69, 9.17) is 0 Å². The smallest absolute Gasteiger partial charge is 0.329 e. The van der Waals surface area contributed by atoms with E-state index in [-0.39, 0.29) is 6.03 Å². The van der Waals surface area contributed by atoms with Crippen LogP contribution in [0.2, 0.25) is 0 Å². The van der Waals surface area contributed by atoms with E-state index in [0.29, 0.717) is 25.3 Å². The van der Waals surface area contributed by atoms with Crippen molar-refractivity contribution in [2.45, 2.75) is 57.4 Å². The number of rotatable bonds is 5. The van der Waals surface area contributed by atoms with Gasteiger partial charge in [-0.05, 0) is 31.1 Å². The first-order valence-corrected chi connectivity index (χ1v) is 7.31. The van der Waals surface area contributed by atoms with E-state index >= 15 is 0 Å². The highest BCUT2D eigenvalue weighted by molar-refractivity contribution is 5.86. The summed E-state index contributed by atoms with van der Waals surface area (Å²) in [5.74, 6) is 0.205. The van der Waals surface area contributed by atoms with Crippen molar-refractivity contribution >= 4 is 12.0 Å². The first kappa shape index (κ1) is 14.2. The van der Waals surface area contributed by atoms with E-state index in [0.717, 1.165) is 25.2 Å². The summed E-state index contributed by atoms with van der Waals surface area (Å²) in [5, 5.41) is 14.9. The van der Waals surface area contributed by atoms with Crippen LogP contribution in [0.5, 0.6) is 0 Å². The molecule has 108 valence electrons. The molecule has 2 aliphatic carbocycles. The number of amides is 2. The van der Waals surface area contributed by atoms with Crippen LogP contribution < -0.4 is 10.6 Å². The standard InChI is InChI=1S/C14H24N2O3/c1-10-3-2-7-14(9-10,12(17)18)16-13(19)15-8-6-11-4-5-11/h10-11H,2-9H2,1H3,(H,17,18)(H2,15,16,19). The minimum absolute atomic E-state index is 0.336. The van der Waals surface area contributed by atoms with Crippen LogP contribution in [0.3, 0.4) is 0 Å². The third-order valence-corrected chi connectivity index (χ3v) is 4.29. The van der Waals surface area contributed by atoms with E-state index in [1.165, 1.54) is 12.8 Å². The average molecular weight is 268 g/mol. The summed E-state index contributed by atoms with van der Waals surface area (Å²) in [6.07, 6.45) is 6.49. The summed E-state index contributed by atoms with van der Waals surface area (Å²) in [4.78, 5) is 23.4. The van der Waals surface area contributed by atoms with Gasteiger partial charge in [0, 0.05) is 6.54 Å². The van der Waals surface area contributed by atoms with Crippen molar-refractivity contribution in [2.24, 2.45) is 11.8 Å². The number of carboxylic acid groups (broad SMARTS) is 1. The van der Waals surface area contributed by atoms with Gasteiger partial charge in [0.2, 0.25) is 0 Å². The minimum atomic E-state index is -1.07. The molecule has 2 rings (SSSR count). The third-order valence-electron chi connectivity index (χ3n) is 4.29. The highest BCUT2D eigenvalue weighted by Crippen LogP contribution is 2.33. The van der Waals surface area contributed by atoms with Gasteiger partial charge in [-0.2, -0.15) is 0 Å². The predicted molar refractivity (Wildman–Crippen MR) is 71.9 cm³/mol. The second kappa shape index (κ2) is 5.80. The Balaban J connectivity index is 1.84. The lowest BCUT2D eigenvalue weighted by atomic mass is 9.76. The lowest BCUT2D eigenvalue weighted by Crippen LogP contribution is -2.59. The SMILES string of the molecule is CC1CCCC(NC(=O)NCCC2CC2)(C(=O)O)C1. The zero-order valence-electron chi connectivity index (χ0n) is 11.6. The van der Waals surface area contributed by atoms with Gasteiger partial charge in [0.15, 0.2) is 0 Å². The summed E-state index contributed by atoms with van der Waals surface area (Å²) in [7, 11) is 0. The number of nitrogens with one attached hydrogen (secondary N) is 2. The summed E-state index contributed by atoms with van der Waals surface area (Å²) >= 11 is 0. The van der Waals surface area contributed by atoms with Crippen molar-refractivity contribution in [1.29, 1.82) is 0 Å². The van der Waals surface area contributed by atoms with E-state index in [2.05, 4.69) is 10.6 Å². The Bertz CT molecular complexity index is 355. The topological polar surface area (TPSA) is 78.4 Å². The molecule has 2 atom stereocenters. The summed E-state index contributed by atoms with van der Waals surface area (Å²) < 4.78 is 0. The summed E-state index contributed by atoms with van der Waals surface area (Å²) in [6, 6.07) is -0.336. The van der Waals surface area contributed by atoms with Crippen LogP contribution in [0.4, 0.5) is 4.79 Å². The van der Waals surface area contributed by atoms with Crippen LogP contribution in [0.25, 0.3) is 0 Å². The van der Waals surface area contributed by atoms with Gasteiger partial charge < -0.3 is 15.7 Å². The maximum atomic E-state index is 11.8. The van der Waals surface area contributed by atoms with Crippen LogP contribution >= 0.6 is 0 Å². The molecule has 5 nitrogen and oxygen atoms in total. The maximum Gasteiger partial charge on any atom is 0.329 e. The Kier molecular flexibility index (Phi) is 4.32. The quantitative estimate of drug-likeness (QED) is 0.714. The number of hydrogen-bond acceptors (Lipinski definition) is 2. The van der Waals surface area contributed by atoms with Crippen LogP contribution in [0.15, 0.2) is 0 Å². The molecule has 0 heterocycles. The number of aliphatic carboxylic acids is 1. The van der Waals surface area contributed by atoms with Crippen LogP contribution in [-0.2, 0) is 4.79 Å². The molecule has 2 fully saturated rings.